The third-order valence-corrected chi connectivity index (χ3v) is 3.10. The minimum absolute atomic E-state index is 0.176. The summed E-state index contributed by atoms with van der Waals surface area (Å²) >= 11 is 0. The van der Waals surface area contributed by atoms with Gasteiger partial charge >= 0.3 is 0 Å². The Balaban J connectivity index is 2.09. The van der Waals surface area contributed by atoms with Crippen LogP contribution in [-0.2, 0) is 0 Å². The molecule has 0 aromatic rings. The van der Waals surface area contributed by atoms with Crippen LogP contribution in [0.3, 0.4) is 0 Å². The average molecular weight is 214 g/mol. The highest BCUT2D eigenvalue weighted by Crippen LogP contribution is 2.09. The normalized spacial score (nSPS) is 22.2. The van der Waals surface area contributed by atoms with Crippen LogP contribution in [0.4, 0.5) is 0 Å². The fourth-order valence-electron chi connectivity index (χ4n) is 2.14. The Kier molecular flexibility index (Phi) is 5.58. The van der Waals surface area contributed by atoms with Crippen LogP contribution in [0.2, 0.25) is 0 Å². The third-order valence-electron chi connectivity index (χ3n) is 3.10. The van der Waals surface area contributed by atoms with Crippen molar-refractivity contribution >= 4 is 0 Å². The predicted octanol–water partition coefficient (Wildman–Crippen LogP) is 1.08. The molecule has 0 aromatic heterocycles. The number of hydrogen-bond acceptors (Lipinski definition) is 3. The van der Waals surface area contributed by atoms with E-state index in [1.807, 2.05) is 0 Å². The SMILES string of the molecule is CC(C)CC(O)CNC1CCN(C)CC1. The van der Waals surface area contributed by atoms with Crippen molar-refractivity contribution in [3.8, 4) is 0 Å². The number of piperidine rings is 1. The highest BCUT2D eigenvalue weighted by molar-refractivity contribution is 4.76. The Labute approximate surface area is 93.9 Å². The van der Waals surface area contributed by atoms with E-state index in [4.69, 9.17) is 0 Å². The molecule has 0 radical (unpaired) electrons. The zero-order valence-electron chi connectivity index (χ0n) is 10.4. The molecule has 1 heterocycles. The van der Waals surface area contributed by atoms with Crippen LogP contribution in [0.25, 0.3) is 0 Å². The highest BCUT2D eigenvalue weighted by atomic mass is 16.3. The van der Waals surface area contributed by atoms with Crippen LogP contribution in [0.15, 0.2) is 0 Å². The number of hydrogen-bond donors (Lipinski definition) is 2. The molecule has 1 saturated heterocycles. The number of likely N-dealkylation sites (tertiary alicyclic amines) is 1. The molecule has 1 rings (SSSR count). The molecule has 1 fully saturated rings. The minimum Gasteiger partial charge on any atom is -0.392 e. The summed E-state index contributed by atoms with van der Waals surface area (Å²) in [4.78, 5) is 2.36. The van der Waals surface area contributed by atoms with Gasteiger partial charge in [-0.2, -0.15) is 0 Å². The van der Waals surface area contributed by atoms with Crippen molar-refractivity contribution in [3.05, 3.63) is 0 Å². The molecule has 1 unspecified atom stereocenters. The van der Waals surface area contributed by atoms with Crippen LogP contribution < -0.4 is 5.32 Å². The van der Waals surface area contributed by atoms with E-state index in [0.717, 1.165) is 13.0 Å². The predicted molar refractivity (Wildman–Crippen MR) is 64.0 cm³/mol. The first-order valence-corrected chi connectivity index (χ1v) is 6.18. The maximum absolute atomic E-state index is 9.73. The maximum atomic E-state index is 9.73. The zero-order valence-corrected chi connectivity index (χ0v) is 10.4. The van der Waals surface area contributed by atoms with Gasteiger partial charge in [-0.25, -0.2) is 0 Å². The molecule has 2 N–H and O–H groups in total. The van der Waals surface area contributed by atoms with Crippen molar-refractivity contribution < 1.29 is 5.11 Å². The van der Waals surface area contributed by atoms with Crippen molar-refractivity contribution in [1.29, 1.82) is 0 Å². The van der Waals surface area contributed by atoms with Crippen molar-refractivity contribution in [2.24, 2.45) is 5.92 Å². The van der Waals surface area contributed by atoms with Gasteiger partial charge in [0.25, 0.3) is 0 Å². The zero-order chi connectivity index (χ0) is 11.3. The van der Waals surface area contributed by atoms with Crippen molar-refractivity contribution in [2.75, 3.05) is 26.7 Å². The highest BCUT2D eigenvalue weighted by Gasteiger charge is 2.17. The minimum atomic E-state index is -0.176. The standard InChI is InChI=1S/C12H26N2O/c1-10(2)8-12(15)9-13-11-4-6-14(3)7-5-11/h10-13,15H,4-9H2,1-3H3. The van der Waals surface area contributed by atoms with Crippen molar-refractivity contribution in [3.63, 3.8) is 0 Å². The molecule has 1 aliphatic rings. The van der Waals surface area contributed by atoms with E-state index in [9.17, 15) is 5.11 Å². The quantitative estimate of drug-likeness (QED) is 0.719. The molecule has 0 aromatic carbocycles. The number of nitrogens with one attached hydrogen (secondary N) is 1. The van der Waals surface area contributed by atoms with E-state index in [0.29, 0.717) is 12.0 Å². The molecule has 1 atom stereocenters. The smallest absolute Gasteiger partial charge is 0.0667 e. The molecule has 3 nitrogen and oxygen atoms in total. The number of aliphatic hydroxyl groups is 1. The van der Waals surface area contributed by atoms with Crippen LogP contribution >= 0.6 is 0 Å². The van der Waals surface area contributed by atoms with Gasteiger partial charge in [-0.05, 0) is 45.3 Å². The summed E-state index contributed by atoms with van der Waals surface area (Å²) in [6, 6.07) is 0.614. The molecule has 1 aliphatic heterocycles. The Morgan fingerprint density at radius 1 is 1.33 bits per heavy atom. The van der Waals surface area contributed by atoms with E-state index in [2.05, 4.69) is 31.1 Å². The lowest BCUT2D eigenvalue weighted by Crippen LogP contribution is -2.43. The lowest BCUT2D eigenvalue weighted by atomic mass is 10.0. The maximum Gasteiger partial charge on any atom is 0.0667 e. The summed E-state index contributed by atoms with van der Waals surface area (Å²) in [6.45, 7) is 7.42. The number of rotatable bonds is 5. The van der Waals surface area contributed by atoms with E-state index >= 15 is 0 Å². The second-order valence-electron chi connectivity index (χ2n) is 5.27. The molecule has 3 heteroatoms. The Hall–Kier alpha value is -0.120. The van der Waals surface area contributed by atoms with Gasteiger partial charge in [-0.3, -0.25) is 0 Å². The van der Waals surface area contributed by atoms with Crippen molar-refractivity contribution in [1.82, 2.24) is 10.2 Å². The van der Waals surface area contributed by atoms with Gasteiger partial charge in [0.05, 0.1) is 6.10 Å². The first-order chi connectivity index (χ1) is 7.08. The molecule has 0 spiro atoms. The molecule has 0 bridgehead atoms. The fourth-order valence-corrected chi connectivity index (χ4v) is 2.14. The average Bonchev–Trinajstić information content (AvgIpc) is 2.16. The molecule has 0 saturated carbocycles. The monoisotopic (exact) mass is 214 g/mol. The van der Waals surface area contributed by atoms with Crippen molar-refractivity contribution in [2.45, 2.75) is 45.3 Å². The van der Waals surface area contributed by atoms with Gasteiger partial charge in [0.1, 0.15) is 0 Å². The summed E-state index contributed by atoms with van der Waals surface area (Å²) in [5, 5.41) is 13.2. The Morgan fingerprint density at radius 3 is 2.47 bits per heavy atom. The van der Waals surface area contributed by atoms with Gasteiger partial charge in [0, 0.05) is 12.6 Å². The summed E-state index contributed by atoms with van der Waals surface area (Å²) in [5.41, 5.74) is 0. The second kappa shape index (κ2) is 6.46. The molecule has 90 valence electrons. The lowest BCUT2D eigenvalue weighted by Gasteiger charge is -2.30. The van der Waals surface area contributed by atoms with Crippen LogP contribution in [0.5, 0.6) is 0 Å². The summed E-state index contributed by atoms with van der Waals surface area (Å²) < 4.78 is 0. The van der Waals surface area contributed by atoms with Crippen LogP contribution in [0, 0.1) is 5.92 Å². The van der Waals surface area contributed by atoms with E-state index < -0.39 is 0 Å². The van der Waals surface area contributed by atoms with Gasteiger partial charge < -0.3 is 15.3 Å². The summed E-state index contributed by atoms with van der Waals surface area (Å²) in [5.74, 6) is 0.583. The third kappa shape index (κ3) is 5.50. The summed E-state index contributed by atoms with van der Waals surface area (Å²) in [7, 11) is 2.17. The van der Waals surface area contributed by atoms with E-state index in [1.54, 1.807) is 0 Å². The first-order valence-electron chi connectivity index (χ1n) is 6.18. The van der Waals surface area contributed by atoms with Gasteiger partial charge in [-0.15, -0.1) is 0 Å². The Morgan fingerprint density at radius 2 is 1.93 bits per heavy atom. The molecular weight excluding hydrogens is 188 g/mol. The number of nitrogens with zero attached hydrogens (tertiary/aromatic N) is 1. The van der Waals surface area contributed by atoms with E-state index in [-0.39, 0.29) is 6.10 Å². The molecule has 15 heavy (non-hydrogen) atoms. The molecule has 0 aliphatic carbocycles. The lowest BCUT2D eigenvalue weighted by molar-refractivity contribution is 0.135. The van der Waals surface area contributed by atoms with Crippen LogP contribution in [-0.4, -0.2) is 48.8 Å². The largest absolute Gasteiger partial charge is 0.392 e. The molecule has 0 amide bonds. The fraction of sp³-hybridized carbons (Fsp3) is 1.00. The van der Waals surface area contributed by atoms with Gasteiger partial charge in [0.15, 0.2) is 0 Å². The van der Waals surface area contributed by atoms with Gasteiger partial charge in [0.2, 0.25) is 0 Å². The topological polar surface area (TPSA) is 35.5 Å². The summed E-state index contributed by atoms with van der Waals surface area (Å²) in [6.07, 6.45) is 3.15. The Bertz CT molecular complexity index is 165. The second-order valence-corrected chi connectivity index (χ2v) is 5.27. The van der Waals surface area contributed by atoms with Gasteiger partial charge in [-0.1, -0.05) is 13.8 Å². The van der Waals surface area contributed by atoms with Crippen LogP contribution in [0.1, 0.15) is 33.1 Å². The number of aliphatic hydroxyl groups excluding tert-OH is 1. The first kappa shape index (κ1) is 12.9. The molecular formula is C12H26N2O. The van der Waals surface area contributed by atoms with E-state index in [1.165, 1.54) is 25.9 Å².